The SMILES string of the molecule is CCNCc1cc(N(CC)C(C)COC)ncc1Cl. The molecule has 0 saturated heterocycles. The van der Waals surface area contributed by atoms with Gasteiger partial charge in [-0.05, 0) is 32.0 Å². The van der Waals surface area contributed by atoms with E-state index in [0.29, 0.717) is 11.6 Å². The Morgan fingerprint density at radius 1 is 1.47 bits per heavy atom. The monoisotopic (exact) mass is 285 g/mol. The van der Waals surface area contributed by atoms with E-state index >= 15 is 0 Å². The van der Waals surface area contributed by atoms with Crippen molar-refractivity contribution >= 4 is 17.4 Å². The quantitative estimate of drug-likeness (QED) is 0.797. The van der Waals surface area contributed by atoms with Crippen molar-refractivity contribution in [2.24, 2.45) is 0 Å². The third kappa shape index (κ3) is 4.64. The van der Waals surface area contributed by atoms with Crippen LogP contribution in [0.25, 0.3) is 0 Å². The number of likely N-dealkylation sites (N-methyl/N-ethyl adjacent to an activating group) is 1. The summed E-state index contributed by atoms with van der Waals surface area (Å²) in [6.07, 6.45) is 1.73. The van der Waals surface area contributed by atoms with Crippen molar-refractivity contribution in [3.05, 3.63) is 22.8 Å². The summed E-state index contributed by atoms with van der Waals surface area (Å²) < 4.78 is 5.22. The predicted octanol–water partition coefficient (Wildman–Crippen LogP) is 2.71. The first-order valence-electron chi connectivity index (χ1n) is 6.74. The number of halogens is 1. The lowest BCUT2D eigenvalue weighted by atomic mass is 10.2. The van der Waals surface area contributed by atoms with Gasteiger partial charge in [-0.3, -0.25) is 0 Å². The highest BCUT2D eigenvalue weighted by Gasteiger charge is 2.15. The molecule has 0 aliphatic rings. The molecule has 0 saturated carbocycles. The number of methoxy groups -OCH3 is 1. The van der Waals surface area contributed by atoms with Crippen LogP contribution in [0.4, 0.5) is 5.82 Å². The number of ether oxygens (including phenoxy) is 1. The highest BCUT2D eigenvalue weighted by Crippen LogP contribution is 2.21. The van der Waals surface area contributed by atoms with Gasteiger partial charge in [0.05, 0.1) is 17.7 Å². The van der Waals surface area contributed by atoms with Crippen molar-refractivity contribution in [2.45, 2.75) is 33.4 Å². The van der Waals surface area contributed by atoms with Crippen LogP contribution in [0.3, 0.4) is 0 Å². The minimum atomic E-state index is 0.288. The third-order valence-corrected chi connectivity index (χ3v) is 3.40. The number of hydrogen-bond acceptors (Lipinski definition) is 4. The molecule has 0 radical (unpaired) electrons. The Morgan fingerprint density at radius 3 is 2.79 bits per heavy atom. The smallest absolute Gasteiger partial charge is 0.129 e. The fourth-order valence-electron chi connectivity index (χ4n) is 2.05. The summed E-state index contributed by atoms with van der Waals surface area (Å²) in [5, 5.41) is 4.00. The molecule has 0 aliphatic heterocycles. The molecular weight excluding hydrogens is 262 g/mol. The Labute approximate surface area is 121 Å². The average Bonchev–Trinajstić information content (AvgIpc) is 2.40. The molecule has 0 aliphatic carbocycles. The summed E-state index contributed by atoms with van der Waals surface area (Å²) in [5.74, 6) is 0.948. The first-order chi connectivity index (χ1) is 9.13. The fourth-order valence-corrected chi connectivity index (χ4v) is 2.22. The summed E-state index contributed by atoms with van der Waals surface area (Å²) in [5.41, 5.74) is 1.08. The lowest BCUT2D eigenvalue weighted by Crippen LogP contribution is -2.36. The van der Waals surface area contributed by atoms with Crippen molar-refractivity contribution in [2.75, 3.05) is 31.7 Å². The van der Waals surface area contributed by atoms with Crippen molar-refractivity contribution in [1.82, 2.24) is 10.3 Å². The molecule has 1 unspecified atom stereocenters. The number of pyridine rings is 1. The summed E-state index contributed by atoms with van der Waals surface area (Å²) in [6.45, 7) is 9.59. The van der Waals surface area contributed by atoms with E-state index in [9.17, 15) is 0 Å². The zero-order valence-electron chi connectivity index (χ0n) is 12.2. The minimum absolute atomic E-state index is 0.288. The molecule has 0 aromatic carbocycles. The van der Waals surface area contributed by atoms with Crippen molar-refractivity contribution in [3.63, 3.8) is 0 Å². The number of hydrogen-bond donors (Lipinski definition) is 1. The standard InChI is InChI=1S/C14H24ClN3O/c1-5-16-8-12-7-14(17-9-13(12)15)18(6-2)11(3)10-19-4/h7,9,11,16H,5-6,8,10H2,1-4H3. The van der Waals surface area contributed by atoms with Gasteiger partial charge in [-0.15, -0.1) is 0 Å². The maximum absolute atomic E-state index is 6.17. The van der Waals surface area contributed by atoms with Crippen molar-refractivity contribution in [3.8, 4) is 0 Å². The van der Waals surface area contributed by atoms with Crippen LogP contribution in [0.15, 0.2) is 12.3 Å². The largest absolute Gasteiger partial charge is 0.383 e. The molecule has 1 heterocycles. The zero-order valence-corrected chi connectivity index (χ0v) is 13.0. The van der Waals surface area contributed by atoms with Crippen LogP contribution in [0.1, 0.15) is 26.3 Å². The van der Waals surface area contributed by atoms with Gasteiger partial charge in [-0.25, -0.2) is 4.98 Å². The van der Waals surface area contributed by atoms with E-state index in [4.69, 9.17) is 16.3 Å². The molecule has 108 valence electrons. The van der Waals surface area contributed by atoms with E-state index in [-0.39, 0.29) is 6.04 Å². The van der Waals surface area contributed by atoms with E-state index in [1.807, 2.05) is 0 Å². The van der Waals surface area contributed by atoms with Gasteiger partial charge in [0.25, 0.3) is 0 Å². The van der Waals surface area contributed by atoms with Gasteiger partial charge in [0.2, 0.25) is 0 Å². The molecule has 0 bridgehead atoms. The van der Waals surface area contributed by atoms with E-state index in [2.05, 4.69) is 42.0 Å². The van der Waals surface area contributed by atoms with Crippen LogP contribution in [0.2, 0.25) is 5.02 Å². The molecule has 0 spiro atoms. The summed E-state index contributed by atoms with van der Waals surface area (Å²) in [4.78, 5) is 6.65. The number of aromatic nitrogens is 1. The molecule has 0 amide bonds. The number of rotatable bonds is 8. The van der Waals surface area contributed by atoms with E-state index in [1.54, 1.807) is 13.3 Å². The second kappa shape index (κ2) is 8.35. The van der Waals surface area contributed by atoms with E-state index in [0.717, 1.165) is 31.0 Å². The first kappa shape index (κ1) is 16.2. The van der Waals surface area contributed by atoms with Gasteiger partial charge >= 0.3 is 0 Å². The highest BCUT2D eigenvalue weighted by atomic mass is 35.5. The number of anilines is 1. The zero-order chi connectivity index (χ0) is 14.3. The first-order valence-corrected chi connectivity index (χ1v) is 7.12. The van der Waals surface area contributed by atoms with Crippen molar-refractivity contribution < 1.29 is 4.74 Å². The molecule has 1 aromatic heterocycles. The molecule has 1 rings (SSSR count). The van der Waals surface area contributed by atoms with Crippen LogP contribution < -0.4 is 10.2 Å². The van der Waals surface area contributed by atoms with Gasteiger partial charge < -0.3 is 15.0 Å². The number of nitrogens with one attached hydrogen (secondary N) is 1. The van der Waals surface area contributed by atoms with Crippen molar-refractivity contribution in [1.29, 1.82) is 0 Å². The topological polar surface area (TPSA) is 37.4 Å². The fraction of sp³-hybridized carbons (Fsp3) is 0.643. The normalized spacial score (nSPS) is 12.5. The minimum Gasteiger partial charge on any atom is -0.383 e. The predicted molar refractivity (Wildman–Crippen MR) is 81.0 cm³/mol. The second-order valence-corrected chi connectivity index (χ2v) is 4.91. The van der Waals surface area contributed by atoms with Gasteiger partial charge in [0, 0.05) is 26.4 Å². The molecule has 19 heavy (non-hydrogen) atoms. The third-order valence-electron chi connectivity index (χ3n) is 3.06. The second-order valence-electron chi connectivity index (χ2n) is 4.50. The Hall–Kier alpha value is -0.840. The molecule has 5 heteroatoms. The molecule has 1 atom stereocenters. The van der Waals surface area contributed by atoms with Crippen LogP contribution >= 0.6 is 11.6 Å². The van der Waals surface area contributed by atoms with Crippen LogP contribution in [-0.2, 0) is 11.3 Å². The molecule has 0 fully saturated rings. The molecule has 4 nitrogen and oxygen atoms in total. The van der Waals surface area contributed by atoms with Crippen LogP contribution in [0.5, 0.6) is 0 Å². The van der Waals surface area contributed by atoms with Crippen LogP contribution in [0, 0.1) is 0 Å². The summed E-state index contributed by atoms with van der Waals surface area (Å²) >= 11 is 6.17. The summed E-state index contributed by atoms with van der Waals surface area (Å²) in [7, 11) is 1.72. The highest BCUT2D eigenvalue weighted by molar-refractivity contribution is 6.31. The van der Waals surface area contributed by atoms with E-state index < -0.39 is 0 Å². The van der Waals surface area contributed by atoms with E-state index in [1.165, 1.54) is 0 Å². The molecule has 1 N–H and O–H groups in total. The molecular formula is C14H24ClN3O. The van der Waals surface area contributed by atoms with Gasteiger partial charge in [0.15, 0.2) is 0 Å². The summed E-state index contributed by atoms with van der Waals surface area (Å²) in [6, 6.07) is 2.34. The lowest BCUT2D eigenvalue weighted by Gasteiger charge is -2.29. The lowest BCUT2D eigenvalue weighted by molar-refractivity contribution is 0.181. The maximum atomic E-state index is 6.17. The van der Waals surface area contributed by atoms with Gasteiger partial charge in [-0.2, -0.15) is 0 Å². The average molecular weight is 286 g/mol. The van der Waals surface area contributed by atoms with Gasteiger partial charge in [-0.1, -0.05) is 18.5 Å². The Morgan fingerprint density at radius 2 is 2.21 bits per heavy atom. The number of nitrogens with zero attached hydrogens (tertiary/aromatic N) is 2. The Balaban J connectivity index is 2.91. The van der Waals surface area contributed by atoms with Crippen LogP contribution in [-0.4, -0.2) is 37.8 Å². The Bertz CT molecular complexity index is 387. The maximum Gasteiger partial charge on any atom is 0.129 e. The molecule has 1 aromatic rings. The Kier molecular flexibility index (Phi) is 7.13. The van der Waals surface area contributed by atoms with Gasteiger partial charge in [0.1, 0.15) is 5.82 Å².